The van der Waals surface area contributed by atoms with Crippen LogP contribution in [0.4, 0.5) is 17.6 Å². The molecular weight excluding hydrogens is 524 g/mol. The first-order valence-electron chi connectivity index (χ1n) is 15.6. The Labute approximate surface area is 242 Å². The number of phenolic OH excluding ortho intramolecular Hbond substituents is 1. The Kier molecular flexibility index (Phi) is 9.61. The average Bonchev–Trinajstić information content (AvgIpc) is 2.94. The van der Waals surface area contributed by atoms with Crippen LogP contribution in [0.15, 0.2) is 55.6 Å². The number of halogens is 4. The fraction of sp³-hybridized carbons (Fsp3) is 0.556. The minimum absolute atomic E-state index is 0.0895. The molecule has 222 valence electrons. The third-order valence-electron chi connectivity index (χ3n) is 10.9. The van der Waals surface area contributed by atoms with E-state index in [-0.39, 0.29) is 11.8 Å². The van der Waals surface area contributed by atoms with Gasteiger partial charge in [-0.05, 0) is 148 Å². The quantitative estimate of drug-likeness (QED) is 0.271. The van der Waals surface area contributed by atoms with E-state index in [2.05, 4.69) is 25.3 Å². The summed E-state index contributed by atoms with van der Waals surface area (Å²) in [6, 6.07) is 7.38. The van der Waals surface area contributed by atoms with Crippen LogP contribution in [0, 0.1) is 58.8 Å². The van der Waals surface area contributed by atoms with Gasteiger partial charge in [-0.3, -0.25) is 0 Å². The molecule has 0 amide bonds. The molecule has 0 spiro atoms. The van der Waals surface area contributed by atoms with Crippen molar-refractivity contribution in [2.24, 2.45) is 35.5 Å². The van der Waals surface area contributed by atoms with Gasteiger partial charge in [-0.2, -0.15) is 4.39 Å². The number of allylic oxidation sites excluding steroid dienone is 2. The van der Waals surface area contributed by atoms with Crippen molar-refractivity contribution in [3.63, 3.8) is 0 Å². The highest BCUT2D eigenvalue weighted by Crippen LogP contribution is 2.49. The first kappa shape index (κ1) is 29.9. The van der Waals surface area contributed by atoms with E-state index in [4.69, 9.17) is 0 Å². The van der Waals surface area contributed by atoms with Crippen LogP contribution in [0.2, 0.25) is 0 Å². The van der Waals surface area contributed by atoms with Gasteiger partial charge in [0.2, 0.25) is 5.82 Å². The molecule has 0 aromatic heterocycles. The Hall–Kier alpha value is -2.56. The number of hydrogen-bond acceptors (Lipinski definition) is 1. The second-order valence-electron chi connectivity index (χ2n) is 13.1. The van der Waals surface area contributed by atoms with Gasteiger partial charge in [0.1, 0.15) is 0 Å². The summed E-state index contributed by atoms with van der Waals surface area (Å²) in [4.78, 5) is 0. The second kappa shape index (κ2) is 13.2. The van der Waals surface area contributed by atoms with Crippen molar-refractivity contribution in [2.45, 2.75) is 88.9 Å². The van der Waals surface area contributed by atoms with Crippen molar-refractivity contribution in [3.05, 3.63) is 90.0 Å². The molecule has 0 unspecified atom stereocenters. The molecule has 0 aliphatic heterocycles. The molecule has 4 aliphatic carbocycles. The molecule has 5 heteroatoms. The third-order valence-corrected chi connectivity index (χ3v) is 10.9. The summed E-state index contributed by atoms with van der Waals surface area (Å²) in [7, 11) is 0. The van der Waals surface area contributed by atoms with E-state index in [1.165, 1.54) is 43.9 Å². The molecule has 4 fully saturated rings. The van der Waals surface area contributed by atoms with Gasteiger partial charge in [0, 0.05) is 0 Å². The number of benzene rings is 2. The van der Waals surface area contributed by atoms with E-state index in [9.17, 15) is 22.7 Å². The van der Waals surface area contributed by atoms with Gasteiger partial charge >= 0.3 is 0 Å². The van der Waals surface area contributed by atoms with Crippen molar-refractivity contribution < 1.29 is 22.7 Å². The molecule has 4 saturated carbocycles. The summed E-state index contributed by atoms with van der Waals surface area (Å²) in [6.45, 7) is 7.70. The lowest BCUT2D eigenvalue weighted by atomic mass is 9.63. The summed E-state index contributed by atoms with van der Waals surface area (Å²) >= 11 is 0. The molecule has 41 heavy (non-hydrogen) atoms. The van der Waals surface area contributed by atoms with Gasteiger partial charge in [-0.25, -0.2) is 13.2 Å². The average molecular weight is 569 g/mol. The summed E-state index contributed by atoms with van der Waals surface area (Å²) in [5.74, 6) is 0.960. The minimum Gasteiger partial charge on any atom is -0.505 e. The van der Waals surface area contributed by atoms with E-state index in [1.54, 1.807) is 12.1 Å². The highest BCUT2D eigenvalue weighted by atomic mass is 19.2. The predicted octanol–water partition coefficient (Wildman–Crippen LogP) is 10.6. The van der Waals surface area contributed by atoms with Gasteiger partial charge < -0.3 is 5.11 Å². The first-order chi connectivity index (χ1) is 19.8. The van der Waals surface area contributed by atoms with Crippen LogP contribution in [-0.2, 0) is 0 Å². The monoisotopic (exact) mass is 568 g/mol. The Morgan fingerprint density at radius 1 is 0.561 bits per heavy atom. The molecule has 1 nitrogen and oxygen atoms in total. The Morgan fingerprint density at radius 3 is 1.49 bits per heavy atom. The molecule has 0 atom stereocenters. The number of phenols is 1. The molecule has 2 aromatic rings. The normalized spacial score (nSPS) is 33.0. The van der Waals surface area contributed by atoms with Crippen LogP contribution in [0.1, 0.15) is 100 Å². The van der Waals surface area contributed by atoms with E-state index >= 15 is 0 Å². The van der Waals surface area contributed by atoms with Crippen molar-refractivity contribution in [3.8, 4) is 5.75 Å². The number of hydrogen-bond donors (Lipinski definition) is 1. The number of aromatic hydroxyl groups is 1. The lowest BCUT2D eigenvalue weighted by Crippen LogP contribution is -2.31. The SMILES string of the molecule is C=CC1CC(C2CCC(c3ccc(O)c(F)c3F)CC2)C1.C=CC1CC(C2CCC(c3cccc(F)c3F)CC2)C1. The Balaban J connectivity index is 0.000000165. The van der Waals surface area contributed by atoms with E-state index in [0.717, 1.165) is 81.0 Å². The third kappa shape index (κ3) is 6.60. The highest BCUT2D eigenvalue weighted by molar-refractivity contribution is 5.32. The molecule has 1 N–H and O–H groups in total. The molecule has 0 bridgehead atoms. The van der Waals surface area contributed by atoms with E-state index in [1.807, 2.05) is 0 Å². The maximum Gasteiger partial charge on any atom is 0.200 e. The molecule has 2 aromatic carbocycles. The zero-order chi connectivity index (χ0) is 29.1. The molecule has 6 rings (SSSR count). The zero-order valence-electron chi connectivity index (χ0n) is 24.0. The maximum atomic E-state index is 13.9. The first-order valence-corrected chi connectivity index (χ1v) is 15.6. The largest absolute Gasteiger partial charge is 0.505 e. The maximum absolute atomic E-state index is 13.9. The van der Waals surface area contributed by atoms with Crippen LogP contribution >= 0.6 is 0 Å². The molecule has 0 radical (unpaired) electrons. The van der Waals surface area contributed by atoms with Crippen LogP contribution in [0.25, 0.3) is 0 Å². The topological polar surface area (TPSA) is 20.2 Å². The van der Waals surface area contributed by atoms with E-state index < -0.39 is 29.0 Å². The van der Waals surface area contributed by atoms with Gasteiger partial charge in [0.25, 0.3) is 0 Å². The van der Waals surface area contributed by atoms with Crippen LogP contribution < -0.4 is 0 Å². The van der Waals surface area contributed by atoms with Crippen LogP contribution in [0.5, 0.6) is 5.75 Å². The summed E-state index contributed by atoms with van der Waals surface area (Å²) < 4.78 is 54.5. The second-order valence-corrected chi connectivity index (χ2v) is 13.1. The fourth-order valence-electron chi connectivity index (χ4n) is 8.08. The predicted molar refractivity (Wildman–Crippen MR) is 157 cm³/mol. The zero-order valence-corrected chi connectivity index (χ0v) is 24.0. The van der Waals surface area contributed by atoms with Crippen molar-refractivity contribution in [1.82, 2.24) is 0 Å². The van der Waals surface area contributed by atoms with Crippen molar-refractivity contribution >= 4 is 0 Å². The molecular formula is C36H44F4O. The van der Waals surface area contributed by atoms with Crippen molar-refractivity contribution in [1.29, 1.82) is 0 Å². The lowest BCUT2D eigenvalue weighted by molar-refractivity contribution is 0.117. The summed E-state index contributed by atoms with van der Waals surface area (Å²) in [5.41, 5.74) is 1.02. The smallest absolute Gasteiger partial charge is 0.200 e. The van der Waals surface area contributed by atoms with Gasteiger partial charge in [-0.1, -0.05) is 30.4 Å². The lowest BCUT2D eigenvalue weighted by Gasteiger charge is -2.42. The van der Waals surface area contributed by atoms with Crippen LogP contribution in [-0.4, -0.2) is 5.11 Å². The molecule has 4 aliphatic rings. The fourth-order valence-corrected chi connectivity index (χ4v) is 8.08. The number of rotatable bonds is 6. The minimum atomic E-state index is -1.11. The van der Waals surface area contributed by atoms with Crippen molar-refractivity contribution in [2.75, 3.05) is 0 Å². The summed E-state index contributed by atoms with van der Waals surface area (Å²) in [6.07, 6.45) is 17.6. The standard InChI is InChI=1S/C18H22F2O.C18H22F2/c1-2-11-9-14(10-11)12-3-5-13(6-4-12)15-7-8-16(21)18(20)17(15)19;1-2-12-10-15(11-12)13-6-8-14(9-7-13)16-4-3-5-17(19)18(16)20/h2,7-8,11-14,21H,1,3-6,9-10H2;2-5,12-15H,1,6-11H2. The summed E-state index contributed by atoms with van der Waals surface area (Å²) in [5, 5.41) is 9.20. The highest BCUT2D eigenvalue weighted by Gasteiger charge is 2.37. The van der Waals surface area contributed by atoms with E-state index in [0.29, 0.717) is 17.0 Å². The van der Waals surface area contributed by atoms with Gasteiger partial charge in [0.15, 0.2) is 23.2 Å². The van der Waals surface area contributed by atoms with Crippen LogP contribution in [0.3, 0.4) is 0 Å². The molecule has 0 saturated heterocycles. The van der Waals surface area contributed by atoms with Gasteiger partial charge in [0.05, 0.1) is 0 Å². The van der Waals surface area contributed by atoms with Gasteiger partial charge in [-0.15, -0.1) is 13.2 Å². The Morgan fingerprint density at radius 2 is 1.02 bits per heavy atom. The molecule has 0 heterocycles. The Bertz CT molecular complexity index is 1200.